The van der Waals surface area contributed by atoms with Crippen molar-refractivity contribution in [3.63, 3.8) is 0 Å². The number of hydrogen-bond donors (Lipinski definition) is 1. The highest BCUT2D eigenvalue weighted by atomic mass is 19.1. The summed E-state index contributed by atoms with van der Waals surface area (Å²) in [4.78, 5) is 23.7. The maximum atomic E-state index is 14.4. The van der Waals surface area contributed by atoms with Gasteiger partial charge in [0.05, 0.1) is 17.1 Å². The highest BCUT2D eigenvalue weighted by Crippen LogP contribution is 2.39. The van der Waals surface area contributed by atoms with Gasteiger partial charge in [-0.05, 0) is 49.2 Å². The molecule has 5 rings (SSSR count). The molecule has 0 spiro atoms. The number of halogens is 1. The van der Waals surface area contributed by atoms with Crippen LogP contribution in [0.3, 0.4) is 0 Å². The number of aryl methyl sites for hydroxylation is 1. The highest BCUT2D eigenvalue weighted by molar-refractivity contribution is 5.82. The second-order valence-electron chi connectivity index (χ2n) is 9.00. The van der Waals surface area contributed by atoms with Gasteiger partial charge in [-0.15, -0.1) is 0 Å². The van der Waals surface area contributed by atoms with Gasteiger partial charge in [-0.2, -0.15) is 9.78 Å². The number of ether oxygens (including phenoxy) is 1. The summed E-state index contributed by atoms with van der Waals surface area (Å²) in [5.74, 6) is 0.213. The molecule has 3 aromatic heterocycles. The van der Waals surface area contributed by atoms with Gasteiger partial charge in [0, 0.05) is 55.2 Å². The molecule has 1 aliphatic heterocycles. The van der Waals surface area contributed by atoms with E-state index in [1.807, 2.05) is 32.0 Å². The third-order valence-corrected chi connectivity index (χ3v) is 6.38. The number of aromatic nitrogens is 4. The fourth-order valence-corrected chi connectivity index (χ4v) is 4.63. The van der Waals surface area contributed by atoms with E-state index in [0.29, 0.717) is 35.5 Å². The summed E-state index contributed by atoms with van der Waals surface area (Å²) in [7, 11) is 3.38. The topological polar surface area (TPSA) is 99.2 Å². The standard InChI is InChI=1S/C27H27FN6O2/c1-5-21-24-17-12-23(26(29)31-14-17)36-15(2)20-13-18(28)8-9-19(20)25-16(7-6-10-30-25)11-22(24)34(32-21)27(35)33(3)4/h6-10,12-15H,5,11H2,1-4H3,(H2,29,31)/t15-/m1/s1. The van der Waals surface area contributed by atoms with E-state index in [9.17, 15) is 9.18 Å². The van der Waals surface area contributed by atoms with Crippen LogP contribution in [0.15, 0.2) is 48.8 Å². The highest BCUT2D eigenvalue weighted by Gasteiger charge is 2.27. The number of carbonyl (C=O) groups excluding carboxylic acids is 1. The number of hydrogen-bond acceptors (Lipinski definition) is 6. The van der Waals surface area contributed by atoms with Crippen LogP contribution in [0.25, 0.3) is 22.4 Å². The van der Waals surface area contributed by atoms with Gasteiger partial charge < -0.3 is 15.4 Å². The zero-order valence-electron chi connectivity index (χ0n) is 20.6. The average molecular weight is 487 g/mol. The molecule has 0 unspecified atom stereocenters. The molecule has 1 aliphatic rings. The van der Waals surface area contributed by atoms with Crippen LogP contribution in [0.4, 0.5) is 15.0 Å². The molecule has 0 saturated carbocycles. The first-order valence-corrected chi connectivity index (χ1v) is 11.8. The molecule has 1 aromatic carbocycles. The number of nitrogens with two attached hydrogens (primary N) is 1. The van der Waals surface area contributed by atoms with E-state index >= 15 is 0 Å². The molecule has 0 fully saturated rings. The number of fused-ring (bicyclic) bond motifs is 7. The van der Waals surface area contributed by atoms with Crippen LogP contribution in [0, 0.1) is 5.82 Å². The van der Waals surface area contributed by atoms with Crippen LogP contribution < -0.4 is 10.5 Å². The van der Waals surface area contributed by atoms with E-state index < -0.39 is 6.10 Å². The van der Waals surface area contributed by atoms with Crippen molar-refractivity contribution in [3.8, 4) is 28.1 Å². The Hall–Kier alpha value is -4.27. The summed E-state index contributed by atoms with van der Waals surface area (Å²) in [5, 5.41) is 4.70. The van der Waals surface area contributed by atoms with Crippen molar-refractivity contribution in [2.45, 2.75) is 32.8 Å². The quantitative estimate of drug-likeness (QED) is 0.412. The van der Waals surface area contributed by atoms with Crippen molar-refractivity contribution < 1.29 is 13.9 Å². The molecule has 0 saturated heterocycles. The van der Waals surface area contributed by atoms with Crippen molar-refractivity contribution in [2.75, 3.05) is 19.8 Å². The van der Waals surface area contributed by atoms with Gasteiger partial charge in [-0.1, -0.05) is 13.0 Å². The Morgan fingerprint density at radius 2 is 2.06 bits per heavy atom. The monoisotopic (exact) mass is 486 g/mol. The lowest BCUT2D eigenvalue weighted by molar-refractivity contribution is 0.215. The molecule has 2 bridgehead atoms. The minimum atomic E-state index is -0.535. The Kier molecular flexibility index (Phi) is 5.91. The third-order valence-electron chi connectivity index (χ3n) is 6.38. The van der Waals surface area contributed by atoms with Crippen LogP contribution in [0.1, 0.15) is 42.5 Å². The maximum absolute atomic E-state index is 14.4. The molecule has 0 radical (unpaired) electrons. The SMILES string of the molecule is CCc1nn(C(=O)N(C)C)c2c1-c1cnc(N)c(c1)O[C@H](C)c1cc(F)ccc1-c1ncccc1C2. The minimum Gasteiger partial charge on any atom is -0.482 e. The second-order valence-corrected chi connectivity index (χ2v) is 9.00. The molecule has 4 heterocycles. The molecule has 36 heavy (non-hydrogen) atoms. The van der Waals surface area contributed by atoms with Crippen LogP contribution in [-0.2, 0) is 12.8 Å². The fraction of sp³-hybridized carbons (Fsp3) is 0.259. The molecular weight excluding hydrogens is 459 g/mol. The summed E-state index contributed by atoms with van der Waals surface area (Å²) in [6.45, 7) is 3.84. The molecule has 1 amide bonds. The average Bonchev–Trinajstić information content (AvgIpc) is 3.22. The zero-order valence-corrected chi connectivity index (χ0v) is 20.6. The minimum absolute atomic E-state index is 0.218. The number of anilines is 1. The van der Waals surface area contributed by atoms with Crippen molar-refractivity contribution >= 4 is 11.8 Å². The van der Waals surface area contributed by atoms with E-state index in [-0.39, 0.29) is 17.7 Å². The number of benzene rings is 1. The first-order chi connectivity index (χ1) is 17.3. The molecule has 1 atom stereocenters. The Labute approximate surface area is 208 Å². The number of amides is 1. The Bertz CT molecular complexity index is 1480. The summed E-state index contributed by atoms with van der Waals surface area (Å²) in [6, 6.07) is 9.94. The Morgan fingerprint density at radius 3 is 2.81 bits per heavy atom. The van der Waals surface area contributed by atoms with Crippen LogP contribution in [0.2, 0.25) is 0 Å². The van der Waals surface area contributed by atoms with Gasteiger partial charge in [-0.25, -0.2) is 14.2 Å². The van der Waals surface area contributed by atoms with Crippen LogP contribution >= 0.6 is 0 Å². The number of nitrogens with zero attached hydrogens (tertiary/aromatic N) is 5. The van der Waals surface area contributed by atoms with E-state index in [0.717, 1.165) is 27.9 Å². The van der Waals surface area contributed by atoms with E-state index in [1.54, 1.807) is 32.6 Å². The molecule has 9 heteroatoms. The van der Waals surface area contributed by atoms with Gasteiger partial charge in [0.2, 0.25) is 0 Å². The van der Waals surface area contributed by atoms with Gasteiger partial charge in [0.1, 0.15) is 11.9 Å². The van der Waals surface area contributed by atoms with Crippen molar-refractivity contribution in [3.05, 3.63) is 77.1 Å². The van der Waals surface area contributed by atoms with E-state index in [2.05, 4.69) is 9.97 Å². The molecule has 0 aliphatic carbocycles. The Morgan fingerprint density at radius 1 is 1.25 bits per heavy atom. The smallest absolute Gasteiger partial charge is 0.344 e. The van der Waals surface area contributed by atoms with Crippen molar-refractivity contribution in [1.29, 1.82) is 0 Å². The van der Waals surface area contributed by atoms with Crippen molar-refractivity contribution in [1.82, 2.24) is 24.6 Å². The zero-order chi connectivity index (χ0) is 25.6. The number of carbonyl (C=O) groups is 1. The van der Waals surface area contributed by atoms with Gasteiger partial charge in [-0.3, -0.25) is 4.98 Å². The summed E-state index contributed by atoms with van der Waals surface area (Å²) in [6.07, 6.45) is 3.81. The number of nitrogen functional groups attached to an aromatic ring is 1. The van der Waals surface area contributed by atoms with E-state index in [4.69, 9.17) is 15.6 Å². The lowest BCUT2D eigenvalue weighted by atomic mass is 9.93. The predicted octanol–water partition coefficient (Wildman–Crippen LogP) is 4.86. The lowest BCUT2D eigenvalue weighted by Gasteiger charge is -2.22. The van der Waals surface area contributed by atoms with E-state index in [1.165, 1.54) is 21.7 Å². The van der Waals surface area contributed by atoms with Crippen LogP contribution in [0.5, 0.6) is 5.75 Å². The fourth-order valence-electron chi connectivity index (χ4n) is 4.63. The number of rotatable bonds is 1. The summed E-state index contributed by atoms with van der Waals surface area (Å²) < 4.78 is 22.1. The van der Waals surface area contributed by atoms with Gasteiger partial charge >= 0.3 is 6.03 Å². The summed E-state index contributed by atoms with van der Waals surface area (Å²) in [5.41, 5.74) is 12.1. The van der Waals surface area contributed by atoms with Gasteiger partial charge in [0.15, 0.2) is 11.6 Å². The molecule has 4 aromatic rings. The Balaban J connectivity index is 1.86. The molecule has 2 N–H and O–H groups in total. The summed E-state index contributed by atoms with van der Waals surface area (Å²) >= 11 is 0. The maximum Gasteiger partial charge on any atom is 0.344 e. The van der Waals surface area contributed by atoms with Gasteiger partial charge in [0.25, 0.3) is 0 Å². The number of pyridine rings is 2. The van der Waals surface area contributed by atoms with Crippen molar-refractivity contribution in [2.24, 2.45) is 0 Å². The lowest BCUT2D eigenvalue weighted by Crippen LogP contribution is -2.29. The molecular formula is C27H27FN6O2. The normalized spacial score (nSPS) is 14.4. The second kappa shape index (κ2) is 9.07. The third kappa shape index (κ3) is 3.96. The predicted molar refractivity (Wildman–Crippen MR) is 135 cm³/mol. The largest absolute Gasteiger partial charge is 0.482 e. The first-order valence-electron chi connectivity index (χ1n) is 11.8. The van der Waals surface area contributed by atoms with Crippen LogP contribution in [-0.4, -0.2) is 44.8 Å². The first kappa shape index (κ1) is 23.5. The molecule has 184 valence electrons. The molecule has 8 nitrogen and oxygen atoms in total.